The Labute approximate surface area is 98.5 Å². The van der Waals surface area contributed by atoms with Gasteiger partial charge in [-0.15, -0.1) is 11.3 Å². The van der Waals surface area contributed by atoms with E-state index in [0.29, 0.717) is 5.92 Å². The topological polar surface area (TPSA) is 38.9 Å². The summed E-state index contributed by atoms with van der Waals surface area (Å²) in [5.74, 6) is 2.08. The SMILES string of the molecule is c1csc(-c2noc(C3CCCCC3)n2)c1. The Kier molecular flexibility index (Phi) is 2.74. The van der Waals surface area contributed by atoms with Gasteiger partial charge in [0.2, 0.25) is 11.7 Å². The third-order valence-corrected chi connectivity index (χ3v) is 4.00. The van der Waals surface area contributed by atoms with Crippen LogP contribution in [0.25, 0.3) is 10.7 Å². The summed E-state index contributed by atoms with van der Waals surface area (Å²) >= 11 is 1.65. The monoisotopic (exact) mass is 234 g/mol. The fraction of sp³-hybridized carbons (Fsp3) is 0.500. The van der Waals surface area contributed by atoms with E-state index >= 15 is 0 Å². The van der Waals surface area contributed by atoms with E-state index < -0.39 is 0 Å². The first kappa shape index (κ1) is 10.0. The lowest BCUT2D eigenvalue weighted by Crippen LogP contribution is -2.04. The fourth-order valence-corrected chi connectivity index (χ4v) is 2.91. The average Bonchev–Trinajstić information content (AvgIpc) is 3.01. The minimum atomic E-state index is 0.495. The van der Waals surface area contributed by atoms with Crippen LogP contribution in [0.4, 0.5) is 0 Å². The number of hydrogen-bond acceptors (Lipinski definition) is 4. The van der Waals surface area contributed by atoms with Crippen molar-refractivity contribution in [3.8, 4) is 10.7 Å². The molecule has 0 radical (unpaired) electrons. The van der Waals surface area contributed by atoms with Gasteiger partial charge in [0.1, 0.15) is 0 Å². The van der Waals surface area contributed by atoms with Gasteiger partial charge in [-0.3, -0.25) is 0 Å². The zero-order valence-corrected chi connectivity index (χ0v) is 9.87. The molecule has 2 aromatic heterocycles. The van der Waals surface area contributed by atoms with Gasteiger partial charge < -0.3 is 4.52 Å². The van der Waals surface area contributed by atoms with Gasteiger partial charge in [0, 0.05) is 5.92 Å². The minimum Gasteiger partial charge on any atom is -0.339 e. The van der Waals surface area contributed by atoms with Crippen molar-refractivity contribution >= 4 is 11.3 Å². The van der Waals surface area contributed by atoms with Crippen LogP contribution in [0.5, 0.6) is 0 Å². The number of hydrogen-bond donors (Lipinski definition) is 0. The van der Waals surface area contributed by atoms with E-state index in [9.17, 15) is 0 Å². The highest BCUT2D eigenvalue weighted by Gasteiger charge is 2.21. The van der Waals surface area contributed by atoms with E-state index in [1.165, 1.54) is 32.1 Å². The molecule has 1 saturated carbocycles. The molecule has 3 nitrogen and oxygen atoms in total. The summed E-state index contributed by atoms with van der Waals surface area (Å²) in [6.07, 6.45) is 6.34. The van der Waals surface area contributed by atoms with Gasteiger partial charge in [0.25, 0.3) is 0 Å². The van der Waals surface area contributed by atoms with E-state index in [4.69, 9.17) is 4.52 Å². The molecule has 84 valence electrons. The lowest BCUT2D eigenvalue weighted by Gasteiger charge is -2.17. The average molecular weight is 234 g/mol. The van der Waals surface area contributed by atoms with Crippen molar-refractivity contribution in [3.05, 3.63) is 23.4 Å². The second kappa shape index (κ2) is 4.37. The molecule has 0 atom stereocenters. The molecule has 2 aromatic rings. The second-order valence-electron chi connectivity index (χ2n) is 4.27. The lowest BCUT2D eigenvalue weighted by atomic mass is 9.89. The van der Waals surface area contributed by atoms with Gasteiger partial charge in [-0.25, -0.2) is 0 Å². The van der Waals surface area contributed by atoms with Gasteiger partial charge in [0.05, 0.1) is 4.88 Å². The van der Waals surface area contributed by atoms with E-state index in [0.717, 1.165) is 16.6 Å². The number of aromatic nitrogens is 2. The van der Waals surface area contributed by atoms with Crippen LogP contribution in [0.1, 0.15) is 43.9 Å². The quantitative estimate of drug-likeness (QED) is 0.792. The fourth-order valence-electron chi connectivity index (χ4n) is 2.26. The predicted molar refractivity (Wildman–Crippen MR) is 63.4 cm³/mol. The number of nitrogens with zero attached hydrogens (tertiary/aromatic N) is 2. The first-order valence-corrected chi connectivity index (χ1v) is 6.69. The molecule has 0 bridgehead atoms. The van der Waals surface area contributed by atoms with Crippen molar-refractivity contribution in [1.29, 1.82) is 0 Å². The lowest BCUT2D eigenvalue weighted by molar-refractivity contribution is 0.314. The smallest absolute Gasteiger partial charge is 0.230 e. The van der Waals surface area contributed by atoms with Crippen LogP contribution >= 0.6 is 11.3 Å². The Balaban J connectivity index is 1.82. The summed E-state index contributed by atoms with van der Waals surface area (Å²) in [6, 6.07) is 4.04. The first-order chi connectivity index (χ1) is 7.93. The molecular formula is C12H14N2OS. The molecule has 1 aliphatic carbocycles. The van der Waals surface area contributed by atoms with E-state index in [2.05, 4.69) is 10.1 Å². The van der Waals surface area contributed by atoms with Crippen molar-refractivity contribution in [1.82, 2.24) is 10.1 Å². The molecule has 4 heteroatoms. The molecule has 0 aromatic carbocycles. The van der Waals surface area contributed by atoms with Crippen molar-refractivity contribution in [2.75, 3.05) is 0 Å². The maximum absolute atomic E-state index is 5.37. The highest BCUT2D eigenvalue weighted by Crippen LogP contribution is 2.33. The van der Waals surface area contributed by atoms with Crippen LogP contribution in [0.3, 0.4) is 0 Å². The molecule has 0 spiro atoms. The van der Waals surface area contributed by atoms with Crippen LogP contribution in [-0.4, -0.2) is 10.1 Å². The molecule has 0 saturated heterocycles. The van der Waals surface area contributed by atoms with E-state index in [-0.39, 0.29) is 0 Å². The zero-order valence-electron chi connectivity index (χ0n) is 9.06. The van der Waals surface area contributed by atoms with Gasteiger partial charge in [-0.2, -0.15) is 4.98 Å². The molecule has 0 N–H and O–H groups in total. The Bertz CT molecular complexity index is 443. The van der Waals surface area contributed by atoms with Crippen LogP contribution in [-0.2, 0) is 0 Å². The van der Waals surface area contributed by atoms with Crippen LogP contribution in [0.2, 0.25) is 0 Å². The molecule has 2 heterocycles. The minimum absolute atomic E-state index is 0.495. The van der Waals surface area contributed by atoms with Crippen LogP contribution < -0.4 is 0 Å². The largest absolute Gasteiger partial charge is 0.339 e. The summed E-state index contributed by atoms with van der Waals surface area (Å²) < 4.78 is 5.37. The van der Waals surface area contributed by atoms with Crippen molar-refractivity contribution in [3.63, 3.8) is 0 Å². The third-order valence-electron chi connectivity index (χ3n) is 3.14. The van der Waals surface area contributed by atoms with Crippen LogP contribution in [0.15, 0.2) is 22.0 Å². The van der Waals surface area contributed by atoms with Gasteiger partial charge in [-0.1, -0.05) is 30.5 Å². The Morgan fingerprint density at radius 1 is 1.25 bits per heavy atom. The Morgan fingerprint density at radius 2 is 2.12 bits per heavy atom. The van der Waals surface area contributed by atoms with Crippen molar-refractivity contribution in [2.45, 2.75) is 38.0 Å². The summed E-state index contributed by atoms with van der Waals surface area (Å²) in [7, 11) is 0. The van der Waals surface area contributed by atoms with Crippen molar-refractivity contribution in [2.24, 2.45) is 0 Å². The Hall–Kier alpha value is -1.16. The molecule has 1 fully saturated rings. The maximum atomic E-state index is 5.37. The van der Waals surface area contributed by atoms with Gasteiger partial charge >= 0.3 is 0 Å². The normalized spacial score (nSPS) is 17.8. The molecule has 3 rings (SSSR count). The first-order valence-electron chi connectivity index (χ1n) is 5.81. The van der Waals surface area contributed by atoms with Gasteiger partial charge in [0.15, 0.2) is 0 Å². The molecule has 16 heavy (non-hydrogen) atoms. The van der Waals surface area contributed by atoms with Gasteiger partial charge in [-0.05, 0) is 24.3 Å². The maximum Gasteiger partial charge on any atom is 0.230 e. The highest BCUT2D eigenvalue weighted by atomic mass is 32.1. The molecular weight excluding hydrogens is 220 g/mol. The van der Waals surface area contributed by atoms with Crippen molar-refractivity contribution < 1.29 is 4.52 Å². The van der Waals surface area contributed by atoms with E-state index in [1.54, 1.807) is 11.3 Å². The highest BCUT2D eigenvalue weighted by molar-refractivity contribution is 7.13. The standard InChI is InChI=1S/C12H14N2OS/c1-2-5-9(6-3-1)12-13-11(14-15-12)10-7-4-8-16-10/h4,7-9H,1-3,5-6H2. The second-order valence-corrected chi connectivity index (χ2v) is 5.22. The molecule has 0 unspecified atom stereocenters. The summed E-state index contributed by atoms with van der Waals surface area (Å²) in [6.45, 7) is 0. The summed E-state index contributed by atoms with van der Waals surface area (Å²) in [5, 5.41) is 6.09. The third kappa shape index (κ3) is 1.89. The molecule has 0 aliphatic heterocycles. The summed E-state index contributed by atoms with van der Waals surface area (Å²) in [4.78, 5) is 5.60. The Morgan fingerprint density at radius 3 is 2.88 bits per heavy atom. The van der Waals surface area contributed by atoms with E-state index in [1.807, 2.05) is 17.5 Å². The predicted octanol–water partition coefficient (Wildman–Crippen LogP) is 3.85. The number of rotatable bonds is 2. The zero-order chi connectivity index (χ0) is 10.8. The molecule has 0 amide bonds. The number of thiophene rings is 1. The van der Waals surface area contributed by atoms with Crippen LogP contribution in [0, 0.1) is 0 Å². The summed E-state index contributed by atoms with van der Waals surface area (Å²) in [5.41, 5.74) is 0. The molecule has 1 aliphatic rings.